The number of aryl methyl sites for hydroxylation is 1. The smallest absolute Gasteiger partial charge is 0.288 e. The van der Waals surface area contributed by atoms with E-state index in [0.717, 1.165) is 69.7 Å². The number of fused-ring (bicyclic) bond motifs is 1. The molecule has 2 fully saturated rings. The van der Waals surface area contributed by atoms with Gasteiger partial charge in [0, 0.05) is 45.3 Å². The first-order valence-electron chi connectivity index (χ1n) is 14.1. The number of carbonyl (C=O) groups is 1. The van der Waals surface area contributed by atoms with Gasteiger partial charge in [0.05, 0.1) is 18.1 Å². The summed E-state index contributed by atoms with van der Waals surface area (Å²) in [6.45, 7) is 5.28. The van der Waals surface area contributed by atoms with Crippen LogP contribution in [0.2, 0.25) is 0 Å². The summed E-state index contributed by atoms with van der Waals surface area (Å²) in [5, 5.41) is 11.4. The van der Waals surface area contributed by atoms with Crippen molar-refractivity contribution in [2.75, 3.05) is 38.2 Å². The summed E-state index contributed by atoms with van der Waals surface area (Å²) in [6, 6.07) is 16.0. The highest BCUT2D eigenvalue weighted by Crippen LogP contribution is 2.30. The number of carbonyl (C=O) groups excluding carboxylic acids is 1. The molecular weight excluding hydrogens is 516 g/mol. The Morgan fingerprint density at radius 1 is 1.02 bits per heavy atom. The molecule has 1 aliphatic heterocycles. The van der Waals surface area contributed by atoms with Crippen molar-refractivity contribution in [3.8, 4) is 17.3 Å². The van der Waals surface area contributed by atoms with Crippen molar-refractivity contribution >= 4 is 22.9 Å². The number of nitriles is 1. The molecule has 0 unspecified atom stereocenters. The lowest BCUT2D eigenvalue weighted by Gasteiger charge is -2.32. The summed E-state index contributed by atoms with van der Waals surface area (Å²) < 4.78 is 1.75. The number of benzene rings is 1. The molecule has 1 N–H and O–H groups in total. The van der Waals surface area contributed by atoms with Crippen LogP contribution in [0, 0.1) is 11.3 Å². The van der Waals surface area contributed by atoms with Gasteiger partial charge in [-0.3, -0.25) is 20.1 Å². The molecule has 1 aliphatic carbocycles. The summed E-state index contributed by atoms with van der Waals surface area (Å²) >= 11 is 0. The SMILES string of the molecule is CN1CCN(Cc2ccc(-c3cccc(C(=O)NN(c4nc(C#N)nc5c4ncn5C)C4CCCC4)n3)cc2)CC1. The molecule has 0 radical (unpaired) electrons. The first-order chi connectivity index (χ1) is 20.0. The average molecular weight is 551 g/mol. The Balaban J connectivity index is 1.23. The van der Waals surface area contributed by atoms with Gasteiger partial charge in [0.25, 0.3) is 5.91 Å². The topological polar surface area (TPSA) is 119 Å². The molecular formula is C30H34N10O. The number of nitrogens with zero attached hydrogens (tertiary/aromatic N) is 9. The van der Waals surface area contributed by atoms with E-state index in [9.17, 15) is 10.1 Å². The van der Waals surface area contributed by atoms with Crippen molar-refractivity contribution < 1.29 is 4.79 Å². The minimum absolute atomic E-state index is 0.0293. The van der Waals surface area contributed by atoms with E-state index < -0.39 is 0 Å². The minimum Gasteiger partial charge on any atom is -0.318 e. The third-order valence-corrected chi connectivity index (χ3v) is 8.01. The number of nitrogens with one attached hydrogen (secondary N) is 1. The zero-order valence-corrected chi connectivity index (χ0v) is 23.5. The van der Waals surface area contributed by atoms with Crippen LogP contribution in [0.15, 0.2) is 48.8 Å². The number of anilines is 1. The van der Waals surface area contributed by atoms with Crippen LogP contribution in [-0.4, -0.2) is 79.5 Å². The first kappa shape index (κ1) is 26.8. The molecule has 0 bridgehead atoms. The Labute approximate surface area is 239 Å². The zero-order chi connectivity index (χ0) is 28.3. The van der Waals surface area contributed by atoms with E-state index in [1.165, 1.54) is 5.56 Å². The molecule has 6 rings (SSSR count). The van der Waals surface area contributed by atoms with E-state index in [4.69, 9.17) is 4.98 Å². The number of hydrogen-bond donors (Lipinski definition) is 1. The molecule has 1 saturated carbocycles. The molecule has 4 heterocycles. The Morgan fingerprint density at radius 2 is 1.78 bits per heavy atom. The molecule has 1 amide bonds. The first-order valence-corrected chi connectivity index (χ1v) is 14.1. The standard InChI is InChI=1S/C30H34N10O/c1-37-14-16-39(17-15-37)19-21-10-12-22(13-11-21)24-8-5-9-25(33-24)30(41)36-40(23-6-3-4-7-23)29-27-28(38(2)20-32-27)34-26(18-31)35-29/h5,8-13,20,23H,3-4,6-7,14-17,19H2,1-2H3,(H,36,41). The highest BCUT2D eigenvalue weighted by molar-refractivity contribution is 5.95. The molecule has 3 aromatic heterocycles. The normalized spacial score (nSPS) is 16.6. The van der Waals surface area contributed by atoms with Crippen molar-refractivity contribution in [2.24, 2.45) is 7.05 Å². The Morgan fingerprint density at radius 3 is 2.51 bits per heavy atom. The average Bonchev–Trinajstić information content (AvgIpc) is 3.67. The summed E-state index contributed by atoms with van der Waals surface area (Å²) in [6.07, 6.45) is 5.54. The highest BCUT2D eigenvalue weighted by atomic mass is 16.2. The Kier molecular flexibility index (Phi) is 7.59. The van der Waals surface area contributed by atoms with Crippen molar-refractivity contribution in [2.45, 2.75) is 38.3 Å². The van der Waals surface area contributed by atoms with E-state index in [-0.39, 0.29) is 17.8 Å². The third kappa shape index (κ3) is 5.75. The maximum Gasteiger partial charge on any atom is 0.288 e. The minimum atomic E-state index is -0.341. The van der Waals surface area contributed by atoms with Gasteiger partial charge in [-0.25, -0.2) is 9.97 Å². The number of imidazole rings is 1. The number of rotatable bonds is 7. The predicted octanol–water partition coefficient (Wildman–Crippen LogP) is 3.14. The van der Waals surface area contributed by atoms with E-state index in [2.05, 4.69) is 61.5 Å². The number of aromatic nitrogens is 5. The van der Waals surface area contributed by atoms with Crippen LogP contribution in [0.1, 0.15) is 47.6 Å². The Bertz CT molecular complexity index is 1580. The van der Waals surface area contributed by atoms with Gasteiger partial charge in [-0.05, 0) is 37.6 Å². The second-order valence-corrected chi connectivity index (χ2v) is 10.9. The quantitative estimate of drug-likeness (QED) is 0.346. The lowest BCUT2D eigenvalue weighted by atomic mass is 10.1. The molecule has 210 valence electrons. The molecule has 1 aromatic carbocycles. The number of hydrazine groups is 1. The number of amides is 1. The van der Waals surface area contributed by atoms with E-state index in [1.54, 1.807) is 22.0 Å². The van der Waals surface area contributed by atoms with Gasteiger partial charge >= 0.3 is 0 Å². The third-order valence-electron chi connectivity index (χ3n) is 8.01. The summed E-state index contributed by atoms with van der Waals surface area (Å²) in [5.74, 6) is 0.121. The molecule has 1 saturated heterocycles. The van der Waals surface area contributed by atoms with E-state index in [1.807, 2.05) is 25.2 Å². The van der Waals surface area contributed by atoms with Crippen LogP contribution in [0.25, 0.3) is 22.4 Å². The van der Waals surface area contributed by atoms with Crippen LogP contribution in [0.5, 0.6) is 0 Å². The van der Waals surface area contributed by atoms with Gasteiger partial charge in [0.15, 0.2) is 17.0 Å². The van der Waals surface area contributed by atoms with Crippen LogP contribution in [-0.2, 0) is 13.6 Å². The largest absolute Gasteiger partial charge is 0.318 e. The lowest BCUT2D eigenvalue weighted by Crippen LogP contribution is -2.49. The summed E-state index contributed by atoms with van der Waals surface area (Å²) in [4.78, 5) is 36.4. The van der Waals surface area contributed by atoms with Crippen molar-refractivity contribution in [3.05, 3.63) is 65.9 Å². The van der Waals surface area contributed by atoms with Crippen LogP contribution in [0.3, 0.4) is 0 Å². The molecule has 11 heteroatoms. The fourth-order valence-corrected chi connectivity index (χ4v) is 5.62. The molecule has 2 aliphatic rings. The second kappa shape index (κ2) is 11.6. The fourth-order valence-electron chi connectivity index (χ4n) is 5.62. The lowest BCUT2D eigenvalue weighted by molar-refractivity contribution is 0.0939. The van der Waals surface area contributed by atoms with Crippen LogP contribution >= 0.6 is 0 Å². The van der Waals surface area contributed by atoms with Gasteiger partial charge in [-0.1, -0.05) is 43.2 Å². The summed E-state index contributed by atoms with van der Waals surface area (Å²) in [5.41, 5.74) is 7.40. The molecule has 41 heavy (non-hydrogen) atoms. The molecule has 0 spiro atoms. The zero-order valence-electron chi connectivity index (χ0n) is 23.5. The number of pyridine rings is 1. The number of piperazine rings is 1. The second-order valence-electron chi connectivity index (χ2n) is 10.9. The van der Waals surface area contributed by atoms with Gasteiger partial charge in [0.1, 0.15) is 11.8 Å². The van der Waals surface area contributed by atoms with E-state index in [0.29, 0.717) is 22.7 Å². The van der Waals surface area contributed by atoms with Gasteiger partial charge in [-0.2, -0.15) is 15.2 Å². The van der Waals surface area contributed by atoms with Crippen molar-refractivity contribution in [3.63, 3.8) is 0 Å². The fraction of sp³-hybridized carbons (Fsp3) is 0.400. The predicted molar refractivity (Wildman–Crippen MR) is 156 cm³/mol. The molecule has 0 atom stereocenters. The van der Waals surface area contributed by atoms with Gasteiger partial charge in [-0.15, -0.1) is 0 Å². The van der Waals surface area contributed by atoms with Crippen molar-refractivity contribution in [1.82, 2.24) is 39.7 Å². The molecule has 4 aromatic rings. The van der Waals surface area contributed by atoms with Gasteiger partial charge < -0.3 is 9.47 Å². The van der Waals surface area contributed by atoms with Crippen LogP contribution < -0.4 is 10.4 Å². The number of hydrogen-bond acceptors (Lipinski definition) is 9. The summed E-state index contributed by atoms with van der Waals surface area (Å²) in [7, 11) is 3.99. The molecule has 11 nitrogen and oxygen atoms in total. The monoisotopic (exact) mass is 550 g/mol. The van der Waals surface area contributed by atoms with Crippen LogP contribution in [0.4, 0.5) is 5.82 Å². The maximum atomic E-state index is 13.6. The Hall–Kier alpha value is -4.40. The van der Waals surface area contributed by atoms with Crippen molar-refractivity contribution in [1.29, 1.82) is 5.26 Å². The maximum absolute atomic E-state index is 13.6. The number of likely N-dealkylation sites (N-methyl/N-ethyl adjacent to an activating group) is 1. The van der Waals surface area contributed by atoms with E-state index >= 15 is 0 Å². The highest BCUT2D eigenvalue weighted by Gasteiger charge is 2.29. The van der Waals surface area contributed by atoms with Gasteiger partial charge in [0.2, 0.25) is 5.82 Å².